The molecular weight excluding hydrogens is 524 g/mol. The molecule has 2 N–H and O–H groups in total. The summed E-state index contributed by atoms with van der Waals surface area (Å²) in [7, 11) is -4.76. The Morgan fingerprint density at radius 3 is 2.63 bits per heavy atom. The van der Waals surface area contributed by atoms with Crippen molar-refractivity contribution in [3.8, 4) is 11.1 Å². The summed E-state index contributed by atoms with van der Waals surface area (Å²) < 4.78 is 35.2. The minimum absolute atomic E-state index is 0.00493. The van der Waals surface area contributed by atoms with E-state index in [-0.39, 0.29) is 24.4 Å². The van der Waals surface area contributed by atoms with Gasteiger partial charge in [0.15, 0.2) is 0 Å². The Balaban J connectivity index is 1.38. The summed E-state index contributed by atoms with van der Waals surface area (Å²) in [5, 5.41) is 4.98. The molecule has 1 aromatic carbocycles. The second-order valence-corrected chi connectivity index (χ2v) is 9.87. The number of phosphoric acid groups is 1. The van der Waals surface area contributed by atoms with Gasteiger partial charge in [-0.3, -0.25) is 14.2 Å². The van der Waals surface area contributed by atoms with Gasteiger partial charge < -0.3 is 24.2 Å². The molecule has 1 fully saturated rings. The molecule has 0 spiro atoms. The van der Waals surface area contributed by atoms with E-state index in [9.17, 15) is 23.3 Å². The van der Waals surface area contributed by atoms with Gasteiger partial charge in [-0.25, -0.2) is 23.7 Å². The highest BCUT2D eigenvalue weighted by Crippen LogP contribution is 2.35. The zero-order valence-corrected chi connectivity index (χ0v) is 21.2. The Hall–Kier alpha value is -3.71. The molecule has 1 atom stereocenters. The number of cyclic esters (lactones) is 1. The van der Waals surface area contributed by atoms with Crippen molar-refractivity contribution in [1.29, 1.82) is 0 Å². The molecule has 2 aliphatic heterocycles. The number of halogens is 1. The monoisotopic (exact) mass is 549 g/mol. The third-order valence-electron chi connectivity index (χ3n) is 5.84. The van der Waals surface area contributed by atoms with E-state index in [0.29, 0.717) is 36.5 Å². The minimum atomic E-state index is -4.76. The molecule has 13 nitrogen and oxygen atoms in total. The fourth-order valence-corrected chi connectivity index (χ4v) is 4.17. The maximum Gasteiger partial charge on any atom is 0.470 e. The highest BCUT2D eigenvalue weighted by atomic mass is 31.2. The number of pyridine rings is 1. The number of amides is 2. The van der Waals surface area contributed by atoms with Gasteiger partial charge in [0.05, 0.1) is 18.8 Å². The summed E-state index contributed by atoms with van der Waals surface area (Å²) in [5.41, 5.74) is 1.13. The Morgan fingerprint density at radius 1 is 1.24 bits per heavy atom. The van der Waals surface area contributed by atoms with E-state index in [2.05, 4.69) is 14.6 Å². The molecule has 1 saturated heterocycles. The highest BCUT2D eigenvalue weighted by molar-refractivity contribution is 7.46. The molecule has 15 heteroatoms. The van der Waals surface area contributed by atoms with E-state index >= 15 is 0 Å². The number of nitrogens with zero attached hydrogens (tertiary/aromatic N) is 5. The average molecular weight is 549 g/mol. The molecule has 0 radical (unpaired) electrons. The number of Topliss-reactive ketones (excluding diaryl/α,β-unsaturated/α-hetero) is 1. The first-order chi connectivity index (χ1) is 18.0. The molecule has 3 heterocycles. The predicted octanol–water partition coefficient (Wildman–Crippen LogP) is 2.28. The van der Waals surface area contributed by atoms with Crippen molar-refractivity contribution in [2.24, 2.45) is 5.10 Å². The molecule has 2 aromatic rings. The van der Waals surface area contributed by atoms with Crippen LogP contribution in [0.2, 0.25) is 0 Å². The predicted molar refractivity (Wildman–Crippen MR) is 133 cm³/mol. The Bertz CT molecular complexity index is 1300. The van der Waals surface area contributed by atoms with Crippen LogP contribution in [-0.4, -0.2) is 76.2 Å². The summed E-state index contributed by atoms with van der Waals surface area (Å²) >= 11 is 0. The molecule has 38 heavy (non-hydrogen) atoms. The lowest BCUT2D eigenvalue weighted by atomic mass is 10.1. The zero-order valence-electron chi connectivity index (χ0n) is 20.3. The maximum absolute atomic E-state index is 15.0. The molecular formula is C23H25FN5O8P. The lowest BCUT2D eigenvalue weighted by molar-refractivity contribution is -0.134. The topological polar surface area (TPSA) is 162 Å². The number of carbonyl (C=O) groups excluding carboxylic acids is 3. The van der Waals surface area contributed by atoms with E-state index in [0.717, 1.165) is 5.01 Å². The fourth-order valence-electron chi connectivity index (χ4n) is 3.89. The first-order valence-corrected chi connectivity index (χ1v) is 13.1. The van der Waals surface area contributed by atoms with Gasteiger partial charge in [0, 0.05) is 30.3 Å². The summed E-state index contributed by atoms with van der Waals surface area (Å²) in [4.78, 5) is 60.1. The van der Waals surface area contributed by atoms with Crippen LogP contribution in [0, 0.1) is 5.82 Å². The fraction of sp³-hybridized carbons (Fsp3) is 0.348. The molecule has 0 aliphatic carbocycles. The third-order valence-corrected chi connectivity index (χ3v) is 6.30. The van der Waals surface area contributed by atoms with Gasteiger partial charge in [-0.1, -0.05) is 0 Å². The zero-order chi connectivity index (χ0) is 27.4. The van der Waals surface area contributed by atoms with Crippen LogP contribution in [-0.2, 0) is 23.4 Å². The largest absolute Gasteiger partial charge is 0.470 e. The second kappa shape index (κ2) is 11.4. The second-order valence-electron chi connectivity index (χ2n) is 8.63. The van der Waals surface area contributed by atoms with Gasteiger partial charge in [0.25, 0.3) is 5.91 Å². The van der Waals surface area contributed by atoms with Crippen LogP contribution in [0.25, 0.3) is 11.1 Å². The number of rotatable bonds is 9. The van der Waals surface area contributed by atoms with Crippen molar-refractivity contribution < 1.29 is 42.4 Å². The van der Waals surface area contributed by atoms with E-state index in [1.54, 1.807) is 29.2 Å². The quantitative estimate of drug-likeness (QED) is 0.444. The first kappa shape index (κ1) is 27.3. The van der Waals surface area contributed by atoms with Crippen molar-refractivity contribution >= 4 is 43.5 Å². The van der Waals surface area contributed by atoms with E-state index < -0.39 is 38.4 Å². The van der Waals surface area contributed by atoms with Crippen LogP contribution >= 0.6 is 7.82 Å². The van der Waals surface area contributed by atoms with Crippen LogP contribution in [0.1, 0.15) is 19.8 Å². The van der Waals surface area contributed by atoms with Crippen LogP contribution in [0.15, 0.2) is 41.6 Å². The number of aromatic nitrogens is 1. The van der Waals surface area contributed by atoms with Crippen molar-refractivity contribution in [1.82, 2.24) is 9.99 Å². The van der Waals surface area contributed by atoms with Gasteiger partial charge in [-0.2, -0.15) is 5.10 Å². The number of hydrogen-bond donors (Lipinski definition) is 2. The summed E-state index contributed by atoms with van der Waals surface area (Å²) in [6.07, 6.45) is 2.52. The molecule has 0 unspecified atom stereocenters. The molecule has 2 amide bonds. The smallest absolute Gasteiger partial charge is 0.444 e. The normalized spacial score (nSPS) is 17.6. The lowest BCUT2D eigenvalue weighted by Gasteiger charge is -2.28. The van der Waals surface area contributed by atoms with Gasteiger partial charge in [0.1, 0.15) is 36.5 Å². The van der Waals surface area contributed by atoms with Crippen molar-refractivity contribution in [3.05, 3.63) is 42.3 Å². The standard InChI is InChI=1S/C23H25FN5O8P/c1-15(30)2-5-18-12-28(23(32)37-18)17-4-6-19(20(24)10-17)16-3-7-21(25-11-16)27-8-9-29(26-14-27)22(31)13-36-38(33,34)35/h3-4,6-7,10-11,14,18H,2,5,8-9,12-13H2,1H3,(H2,33,34,35)/t18-/m0/s1. The third kappa shape index (κ3) is 6.78. The van der Waals surface area contributed by atoms with Gasteiger partial charge in [-0.05, 0) is 43.7 Å². The number of hydrazone groups is 1. The maximum atomic E-state index is 15.0. The Labute approximate surface area is 216 Å². The van der Waals surface area contributed by atoms with Gasteiger partial charge in [-0.15, -0.1) is 0 Å². The van der Waals surface area contributed by atoms with E-state index in [4.69, 9.17) is 14.5 Å². The first-order valence-electron chi connectivity index (χ1n) is 11.5. The summed E-state index contributed by atoms with van der Waals surface area (Å²) in [6.45, 7) is 1.34. The minimum Gasteiger partial charge on any atom is -0.444 e. The van der Waals surface area contributed by atoms with Gasteiger partial charge >= 0.3 is 13.9 Å². The molecule has 2 aliphatic rings. The van der Waals surface area contributed by atoms with Crippen LogP contribution < -0.4 is 9.80 Å². The number of benzene rings is 1. The van der Waals surface area contributed by atoms with Crippen LogP contribution in [0.3, 0.4) is 0 Å². The van der Waals surface area contributed by atoms with Crippen molar-refractivity contribution in [3.63, 3.8) is 0 Å². The number of carbonyl (C=O) groups is 3. The van der Waals surface area contributed by atoms with E-state index in [1.807, 2.05) is 0 Å². The Kier molecular flexibility index (Phi) is 8.17. The number of phosphoric ester groups is 1. The Morgan fingerprint density at radius 2 is 2.03 bits per heavy atom. The molecule has 202 valence electrons. The summed E-state index contributed by atoms with van der Waals surface area (Å²) in [5.74, 6) is -0.765. The average Bonchev–Trinajstić information content (AvgIpc) is 3.26. The van der Waals surface area contributed by atoms with E-state index in [1.165, 1.54) is 30.4 Å². The van der Waals surface area contributed by atoms with Crippen molar-refractivity contribution in [2.45, 2.75) is 25.9 Å². The summed E-state index contributed by atoms with van der Waals surface area (Å²) in [6, 6.07) is 7.72. The lowest BCUT2D eigenvalue weighted by Crippen LogP contribution is -2.42. The molecule has 0 saturated carbocycles. The van der Waals surface area contributed by atoms with Gasteiger partial charge in [0.2, 0.25) is 0 Å². The SMILES string of the molecule is CC(=O)CC[C@H]1CN(c2ccc(-c3ccc(N4C=NN(C(=O)COP(=O)(O)O)CC4)nc3)c(F)c2)C(=O)O1. The van der Waals surface area contributed by atoms with Crippen LogP contribution in [0.5, 0.6) is 0 Å². The van der Waals surface area contributed by atoms with Crippen LogP contribution in [0.4, 0.5) is 20.7 Å². The number of ether oxygens (including phenoxy) is 1. The number of ketones is 1. The molecule has 4 rings (SSSR count). The molecule has 1 aromatic heterocycles. The molecule has 0 bridgehead atoms. The van der Waals surface area contributed by atoms with Crippen molar-refractivity contribution in [2.75, 3.05) is 36.0 Å². The number of hydrogen-bond acceptors (Lipinski definition) is 9. The highest BCUT2D eigenvalue weighted by Gasteiger charge is 2.32. The number of anilines is 2.